The number of aliphatic hydroxyl groups excluding tert-OH is 6. The first-order valence-corrected chi connectivity index (χ1v) is 9.35. The molecule has 1 rings (SSSR count). The molecule has 132 valence electrons. The van der Waals surface area contributed by atoms with E-state index in [-0.39, 0.29) is 11.5 Å². The maximum absolute atomic E-state index is 10.6. The van der Waals surface area contributed by atoms with Crippen LogP contribution in [-0.2, 0) is 25.5 Å². The summed E-state index contributed by atoms with van der Waals surface area (Å²) >= 11 is 0. The van der Waals surface area contributed by atoms with Crippen LogP contribution < -0.4 is 0 Å². The molecule has 1 saturated heterocycles. The molecule has 1 aliphatic rings. The molecule has 1 aliphatic heterocycles. The van der Waals surface area contributed by atoms with Crippen molar-refractivity contribution in [2.45, 2.75) is 35.8 Å². The zero-order valence-electron chi connectivity index (χ0n) is 11.5. The van der Waals surface area contributed by atoms with Gasteiger partial charge in [0.15, 0.2) is 5.25 Å². The van der Waals surface area contributed by atoms with Gasteiger partial charge in [0, 0.05) is 10.9 Å². The molecule has 0 saturated carbocycles. The zero-order valence-corrected chi connectivity index (χ0v) is 13.1. The maximum Gasteiger partial charge on any atom is 0.397 e. The monoisotopic (exact) mass is 365 g/mol. The summed E-state index contributed by atoms with van der Waals surface area (Å²) in [6, 6.07) is 0. The summed E-state index contributed by atoms with van der Waals surface area (Å²) in [6.07, 6.45) is -6.92. The molecule has 12 heteroatoms. The van der Waals surface area contributed by atoms with Gasteiger partial charge in [-0.05, 0) is 0 Å². The Balaban J connectivity index is 2.77. The molecule has 0 aliphatic carbocycles. The van der Waals surface area contributed by atoms with E-state index in [0.717, 1.165) is 0 Å². The van der Waals surface area contributed by atoms with Gasteiger partial charge < -0.3 is 30.6 Å². The van der Waals surface area contributed by atoms with E-state index in [2.05, 4.69) is 4.18 Å². The topological polar surface area (TPSA) is 185 Å². The number of hydrogen-bond acceptors (Lipinski definition) is 9. The van der Waals surface area contributed by atoms with Gasteiger partial charge in [0.05, 0.1) is 13.2 Å². The van der Waals surface area contributed by atoms with E-state index in [1.54, 1.807) is 0 Å². The van der Waals surface area contributed by atoms with Crippen molar-refractivity contribution in [3.8, 4) is 0 Å². The molecular formula is C10H21O10S2+. The van der Waals surface area contributed by atoms with Crippen molar-refractivity contribution in [1.29, 1.82) is 0 Å². The normalized spacial score (nSPS) is 33.6. The van der Waals surface area contributed by atoms with Crippen LogP contribution in [-0.4, -0.2) is 104 Å². The Hall–Kier alpha value is -0.0200. The van der Waals surface area contributed by atoms with Crippen LogP contribution in [0.1, 0.15) is 0 Å². The average molecular weight is 365 g/mol. The lowest BCUT2D eigenvalue weighted by molar-refractivity contribution is -0.0000662. The minimum Gasteiger partial charge on any atom is -0.394 e. The van der Waals surface area contributed by atoms with E-state index in [4.69, 9.17) is 14.8 Å². The van der Waals surface area contributed by atoms with Gasteiger partial charge in [-0.2, -0.15) is 8.42 Å². The SMILES string of the molecule is O=S(=O)(O)O[C@H](CO)[C@@H](O)C[S+]1C[C@H](O)[C@@H](O)[C@@H]1[C@H](O)CO. The van der Waals surface area contributed by atoms with Crippen LogP contribution in [0.5, 0.6) is 0 Å². The molecular weight excluding hydrogens is 344 g/mol. The Morgan fingerprint density at radius 2 is 1.77 bits per heavy atom. The van der Waals surface area contributed by atoms with E-state index >= 15 is 0 Å². The van der Waals surface area contributed by atoms with Crippen molar-refractivity contribution in [1.82, 2.24) is 0 Å². The second kappa shape index (κ2) is 8.19. The van der Waals surface area contributed by atoms with Gasteiger partial charge in [-0.1, -0.05) is 0 Å². The van der Waals surface area contributed by atoms with Crippen LogP contribution in [0.4, 0.5) is 0 Å². The Morgan fingerprint density at radius 1 is 1.18 bits per heavy atom. The third-order valence-corrected chi connectivity index (χ3v) is 6.70. The first-order valence-electron chi connectivity index (χ1n) is 6.36. The van der Waals surface area contributed by atoms with E-state index in [0.29, 0.717) is 0 Å². The summed E-state index contributed by atoms with van der Waals surface area (Å²) in [5.74, 6) is -0.166. The second-order valence-corrected chi connectivity index (χ2v) is 8.29. The van der Waals surface area contributed by atoms with E-state index in [1.807, 2.05) is 0 Å². The van der Waals surface area contributed by atoms with Gasteiger partial charge in [-0.25, -0.2) is 4.18 Å². The number of hydrogen-bond donors (Lipinski definition) is 7. The Morgan fingerprint density at radius 3 is 2.23 bits per heavy atom. The van der Waals surface area contributed by atoms with E-state index < -0.39 is 70.3 Å². The smallest absolute Gasteiger partial charge is 0.394 e. The van der Waals surface area contributed by atoms with Crippen LogP contribution in [0.25, 0.3) is 0 Å². The first kappa shape index (κ1) is 20.0. The molecule has 1 fully saturated rings. The van der Waals surface area contributed by atoms with E-state index in [9.17, 15) is 28.8 Å². The predicted molar refractivity (Wildman–Crippen MR) is 75.5 cm³/mol. The minimum atomic E-state index is -4.88. The van der Waals surface area contributed by atoms with Gasteiger partial charge in [-0.3, -0.25) is 4.55 Å². The molecule has 7 N–H and O–H groups in total. The molecule has 7 atom stereocenters. The van der Waals surface area contributed by atoms with Crippen molar-refractivity contribution in [3.05, 3.63) is 0 Å². The van der Waals surface area contributed by atoms with Gasteiger partial charge in [0.2, 0.25) is 0 Å². The standard InChI is InChI=1S/C10H20O10S2/c11-1-5(13)10-9(16)7(15)4-21(10)3-6(14)8(2-12)20-22(17,18)19/h5-16H,1-4H2/p+1/t5-,6+,7+,8-,9-,10+,21?/m1/s1. The summed E-state index contributed by atoms with van der Waals surface area (Å²) in [7, 11) is -5.84. The third-order valence-electron chi connectivity index (χ3n) is 3.31. The Bertz CT molecular complexity index is 443. The van der Waals surface area contributed by atoms with Crippen molar-refractivity contribution < 1.29 is 47.8 Å². The highest BCUT2D eigenvalue weighted by molar-refractivity contribution is 7.97. The lowest BCUT2D eigenvalue weighted by Gasteiger charge is -2.22. The fraction of sp³-hybridized carbons (Fsp3) is 1.00. The molecule has 22 heavy (non-hydrogen) atoms. The molecule has 0 spiro atoms. The molecule has 0 amide bonds. The summed E-state index contributed by atoms with van der Waals surface area (Å²) in [6.45, 7) is -1.55. The van der Waals surface area contributed by atoms with Crippen LogP contribution in [0.15, 0.2) is 0 Å². The highest BCUT2D eigenvalue weighted by Crippen LogP contribution is 2.28. The van der Waals surface area contributed by atoms with Crippen molar-refractivity contribution in [2.24, 2.45) is 0 Å². The summed E-state index contributed by atoms with van der Waals surface area (Å²) in [4.78, 5) is 0. The highest BCUT2D eigenvalue weighted by atomic mass is 32.3. The summed E-state index contributed by atoms with van der Waals surface area (Å²) in [5, 5.41) is 56.2. The highest BCUT2D eigenvalue weighted by Gasteiger charge is 2.54. The fourth-order valence-electron chi connectivity index (χ4n) is 2.28. The molecule has 10 nitrogen and oxygen atoms in total. The summed E-state index contributed by atoms with van der Waals surface area (Å²) in [5.41, 5.74) is 0. The Kier molecular flexibility index (Phi) is 7.45. The zero-order chi connectivity index (χ0) is 17.1. The van der Waals surface area contributed by atoms with Gasteiger partial charge >= 0.3 is 10.4 Å². The van der Waals surface area contributed by atoms with Crippen LogP contribution in [0, 0.1) is 0 Å². The molecule has 0 aromatic carbocycles. The molecule has 0 radical (unpaired) electrons. The van der Waals surface area contributed by atoms with Crippen LogP contribution in [0.3, 0.4) is 0 Å². The molecule has 0 bridgehead atoms. The third kappa shape index (κ3) is 5.26. The fourth-order valence-corrected chi connectivity index (χ4v) is 5.75. The average Bonchev–Trinajstić information content (AvgIpc) is 2.69. The molecule has 1 unspecified atom stereocenters. The largest absolute Gasteiger partial charge is 0.397 e. The molecule has 1 heterocycles. The number of aliphatic hydroxyl groups is 6. The lowest BCUT2D eigenvalue weighted by atomic mass is 10.1. The van der Waals surface area contributed by atoms with Crippen molar-refractivity contribution >= 4 is 21.3 Å². The maximum atomic E-state index is 10.6. The second-order valence-electron chi connectivity index (χ2n) is 4.96. The predicted octanol–water partition coefficient (Wildman–Crippen LogP) is -4.40. The van der Waals surface area contributed by atoms with Gasteiger partial charge in [0.1, 0.15) is 42.0 Å². The number of rotatable bonds is 8. The molecule has 0 aromatic rings. The van der Waals surface area contributed by atoms with E-state index in [1.165, 1.54) is 0 Å². The first-order chi connectivity index (χ1) is 10.1. The van der Waals surface area contributed by atoms with Crippen molar-refractivity contribution in [3.63, 3.8) is 0 Å². The lowest BCUT2D eigenvalue weighted by Crippen LogP contribution is -2.46. The van der Waals surface area contributed by atoms with Gasteiger partial charge in [-0.15, -0.1) is 0 Å². The quantitative estimate of drug-likeness (QED) is 0.164. The van der Waals surface area contributed by atoms with Crippen LogP contribution in [0.2, 0.25) is 0 Å². The van der Waals surface area contributed by atoms with Gasteiger partial charge in [0.25, 0.3) is 0 Å². The summed E-state index contributed by atoms with van der Waals surface area (Å²) < 4.78 is 33.9. The Labute approximate surface area is 130 Å². The minimum absolute atomic E-state index is 0.0317. The molecule has 0 aromatic heterocycles. The van der Waals surface area contributed by atoms with Crippen molar-refractivity contribution in [2.75, 3.05) is 24.7 Å². The van der Waals surface area contributed by atoms with Crippen LogP contribution >= 0.6 is 0 Å².